The van der Waals surface area contributed by atoms with Crippen LogP contribution in [-0.4, -0.2) is 17.6 Å². The molecular formula is C10H12O3. The SMILES string of the molecule is CC(=O)c1ccc(CCOO)cc1. The molecule has 0 radical (unpaired) electrons. The molecule has 1 N–H and O–H groups in total. The molecule has 70 valence electrons. The molecule has 1 aromatic rings. The van der Waals surface area contributed by atoms with Gasteiger partial charge in [0.1, 0.15) is 0 Å². The van der Waals surface area contributed by atoms with Crippen molar-refractivity contribution in [3.8, 4) is 0 Å². The van der Waals surface area contributed by atoms with E-state index in [0.29, 0.717) is 12.0 Å². The molecular weight excluding hydrogens is 168 g/mol. The number of ketones is 1. The van der Waals surface area contributed by atoms with E-state index in [0.717, 1.165) is 5.56 Å². The van der Waals surface area contributed by atoms with Gasteiger partial charge in [0.2, 0.25) is 0 Å². The van der Waals surface area contributed by atoms with Crippen LogP contribution in [0.3, 0.4) is 0 Å². The molecule has 0 saturated heterocycles. The summed E-state index contributed by atoms with van der Waals surface area (Å²) in [4.78, 5) is 14.9. The Morgan fingerprint density at radius 1 is 1.38 bits per heavy atom. The van der Waals surface area contributed by atoms with E-state index in [2.05, 4.69) is 4.89 Å². The zero-order valence-corrected chi connectivity index (χ0v) is 7.49. The lowest BCUT2D eigenvalue weighted by Gasteiger charge is -2.00. The van der Waals surface area contributed by atoms with Gasteiger partial charge < -0.3 is 0 Å². The highest BCUT2D eigenvalue weighted by molar-refractivity contribution is 5.93. The fourth-order valence-corrected chi connectivity index (χ4v) is 1.07. The molecule has 1 rings (SSSR count). The first-order valence-corrected chi connectivity index (χ1v) is 4.10. The average molecular weight is 180 g/mol. The van der Waals surface area contributed by atoms with E-state index in [1.807, 2.05) is 12.1 Å². The molecule has 0 saturated carbocycles. The molecule has 0 fully saturated rings. The lowest BCUT2D eigenvalue weighted by Crippen LogP contribution is -1.96. The van der Waals surface area contributed by atoms with Crippen molar-refractivity contribution in [3.63, 3.8) is 0 Å². The van der Waals surface area contributed by atoms with E-state index in [9.17, 15) is 4.79 Å². The summed E-state index contributed by atoms with van der Waals surface area (Å²) in [6.07, 6.45) is 0.648. The van der Waals surface area contributed by atoms with Crippen molar-refractivity contribution in [2.75, 3.05) is 6.61 Å². The van der Waals surface area contributed by atoms with Gasteiger partial charge in [-0.1, -0.05) is 24.3 Å². The fraction of sp³-hybridized carbons (Fsp3) is 0.300. The predicted molar refractivity (Wildman–Crippen MR) is 48.7 cm³/mol. The minimum atomic E-state index is 0.0601. The summed E-state index contributed by atoms with van der Waals surface area (Å²) in [7, 11) is 0. The van der Waals surface area contributed by atoms with Gasteiger partial charge in [-0.05, 0) is 18.9 Å². The maximum Gasteiger partial charge on any atom is 0.159 e. The minimum absolute atomic E-state index is 0.0601. The zero-order chi connectivity index (χ0) is 9.68. The summed E-state index contributed by atoms with van der Waals surface area (Å²) in [5.74, 6) is 0.0601. The maximum absolute atomic E-state index is 10.9. The van der Waals surface area contributed by atoms with Gasteiger partial charge in [-0.3, -0.25) is 10.1 Å². The van der Waals surface area contributed by atoms with E-state index in [1.165, 1.54) is 6.92 Å². The third kappa shape index (κ3) is 2.97. The van der Waals surface area contributed by atoms with Gasteiger partial charge in [-0.25, -0.2) is 4.89 Å². The van der Waals surface area contributed by atoms with Crippen LogP contribution in [0.25, 0.3) is 0 Å². The van der Waals surface area contributed by atoms with Crippen LogP contribution in [0.5, 0.6) is 0 Å². The first-order valence-electron chi connectivity index (χ1n) is 4.10. The molecule has 0 heterocycles. The van der Waals surface area contributed by atoms with Crippen LogP contribution in [0.15, 0.2) is 24.3 Å². The fourth-order valence-electron chi connectivity index (χ4n) is 1.07. The maximum atomic E-state index is 10.9. The highest BCUT2D eigenvalue weighted by Crippen LogP contribution is 2.05. The first kappa shape index (κ1) is 9.89. The highest BCUT2D eigenvalue weighted by atomic mass is 17.1. The topological polar surface area (TPSA) is 46.5 Å². The van der Waals surface area contributed by atoms with Crippen LogP contribution in [0.1, 0.15) is 22.8 Å². The summed E-state index contributed by atoms with van der Waals surface area (Å²) < 4.78 is 0. The Labute approximate surface area is 76.9 Å². The van der Waals surface area contributed by atoms with Gasteiger partial charge in [0.15, 0.2) is 5.78 Å². The summed E-state index contributed by atoms with van der Waals surface area (Å²) in [5.41, 5.74) is 1.74. The van der Waals surface area contributed by atoms with Crippen molar-refractivity contribution in [2.24, 2.45) is 0 Å². The van der Waals surface area contributed by atoms with E-state index in [-0.39, 0.29) is 12.4 Å². The average Bonchev–Trinajstić information content (AvgIpc) is 2.15. The molecule has 1 aromatic carbocycles. The van der Waals surface area contributed by atoms with Crippen molar-refractivity contribution in [1.29, 1.82) is 0 Å². The van der Waals surface area contributed by atoms with Gasteiger partial charge in [-0.15, -0.1) is 0 Å². The second-order valence-corrected chi connectivity index (χ2v) is 2.84. The van der Waals surface area contributed by atoms with E-state index in [1.54, 1.807) is 12.1 Å². The number of carbonyl (C=O) groups excluding carboxylic acids is 1. The van der Waals surface area contributed by atoms with Crippen molar-refractivity contribution in [2.45, 2.75) is 13.3 Å². The molecule has 0 spiro atoms. The third-order valence-corrected chi connectivity index (χ3v) is 1.84. The molecule has 0 aliphatic carbocycles. The van der Waals surface area contributed by atoms with Gasteiger partial charge >= 0.3 is 0 Å². The lowest BCUT2D eigenvalue weighted by atomic mass is 10.1. The van der Waals surface area contributed by atoms with Crippen LogP contribution in [0.2, 0.25) is 0 Å². The standard InChI is InChI=1S/C10H12O3/c1-8(11)10-4-2-9(3-5-10)6-7-13-12/h2-5,12H,6-7H2,1H3. The third-order valence-electron chi connectivity index (χ3n) is 1.84. The second-order valence-electron chi connectivity index (χ2n) is 2.84. The summed E-state index contributed by atoms with van der Waals surface area (Å²) in [5, 5.41) is 8.12. The largest absolute Gasteiger partial charge is 0.295 e. The Morgan fingerprint density at radius 3 is 2.46 bits per heavy atom. The molecule has 0 unspecified atom stereocenters. The number of hydrogen-bond donors (Lipinski definition) is 1. The number of hydrogen-bond acceptors (Lipinski definition) is 3. The van der Waals surface area contributed by atoms with E-state index < -0.39 is 0 Å². The normalized spacial score (nSPS) is 10.0. The van der Waals surface area contributed by atoms with Crippen molar-refractivity contribution in [1.82, 2.24) is 0 Å². The van der Waals surface area contributed by atoms with Crippen LogP contribution in [0.4, 0.5) is 0 Å². The monoisotopic (exact) mass is 180 g/mol. The summed E-state index contributed by atoms with van der Waals surface area (Å²) in [6.45, 7) is 1.81. The molecule has 0 atom stereocenters. The Bertz CT molecular complexity index is 277. The molecule has 0 aromatic heterocycles. The van der Waals surface area contributed by atoms with Gasteiger partial charge in [0, 0.05) is 5.56 Å². The quantitative estimate of drug-likeness (QED) is 0.437. The number of Topliss-reactive ketones (excluding diaryl/α,β-unsaturated/α-hetero) is 1. The second kappa shape index (κ2) is 4.74. The molecule has 13 heavy (non-hydrogen) atoms. The molecule has 0 aliphatic rings. The van der Waals surface area contributed by atoms with Crippen LogP contribution >= 0.6 is 0 Å². The Balaban J connectivity index is 2.64. The Hall–Kier alpha value is -1.19. The highest BCUT2D eigenvalue weighted by Gasteiger charge is 1.98. The van der Waals surface area contributed by atoms with Crippen LogP contribution in [0, 0.1) is 0 Å². The van der Waals surface area contributed by atoms with Gasteiger partial charge in [0.05, 0.1) is 6.61 Å². The Kier molecular flexibility index (Phi) is 3.61. The van der Waals surface area contributed by atoms with Crippen molar-refractivity contribution in [3.05, 3.63) is 35.4 Å². The van der Waals surface area contributed by atoms with Crippen molar-refractivity contribution >= 4 is 5.78 Å². The predicted octanol–water partition coefficient (Wildman–Crippen LogP) is 1.92. The van der Waals surface area contributed by atoms with Crippen LogP contribution in [-0.2, 0) is 11.3 Å². The molecule has 3 nitrogen and oxygen atoms in total. The molecule has 0 amide bonds. The molecule has 3 heteroatoms. The number of benzene rings is 1. The molecule has 0 aliphatic heterocycles. The zero-order valence-electron chi connectivity index (χ0n) is 7.49. The summed E-state index contributed by atoms with van der Waals surface area (Å²) >= 11 is 0. The minimum Gasteiger partial charge on any atom is -0.295 e. The lowest BCUT2D eigenvalue weighted by molar-refractivity contribution is -0.241. The number of rotatable bonds is 4. The number of carbonyl (C=O) groups is 1. The first-order chi connectivity index (χ1) is 6.24. The van der Waals surface area contributed by atoms with Crippen molar-refractivity contribution < 1.29 is 14.9 Å². The molecule has 0 bridgehead atoms. The van der Waals surface area contributed by atoms with Gasteiger partial charge in [0.25, 0.3) is 0 Å². The van der Waals surface area contributed by atoms with E-state index in [4.69, 9.17) is 5.26 Å². The van der Waals surface area contributed by atoms with E-state index >= 15 is 0 Å². The smallest absolute Gasteiger partial charge is 0.159 e. The Morgan fingerprint density at radius 2 is 2.00 bits per heavy atom. The van der Waals surface area contributed by atoms with Crippen LogP contribution < -0.4 is 0 Å². The summed E-state index contributed by atoms with van der Waals surface area (Å²) in [6, 6.07) is 7.26. The van der Waals surface area contributed by atoms with Gasteiger partial charge in [-0.2, -0.15) is 0 Å².